The minimum atomic E-state index is 0.487. The van der Waals surface area contributed by atoms with E-state index in [1.165, 1.54) is 25.7 Å². The van der Waals surface area contributed by atoms with E-state index in [9.17, 15) is 0 Å². The molecule has 0 bridgehead atoms. The van der Waals surface area contributed by atoms with Gasteiger partial charge in [0.2, 0.25) is 0 Å². The van der Waals surface area contributed by atoms with E-state index in [1.54, 1.807) is 7.11 Å². The van der Waals surface area contributed by atoms with Crippen LogP contribution in [0.4, 0.5) is 0 Å². The van der Waals surface area contributed by atoms with Gasteiger partial charge in [-0.15, -0.1) is 0 Å². The minimum Gasteiger partial charge on any atom is -0.383 e. The maximum absolute atomic E-state index is 5.56. The maximum atomic E-state index is 5.56. The van der Waals surface area contributed by atoms with E-state index >= 15 is 0 Å². The van der Waals surface area contributed by atoms with Gasteiger partial charge >= 0.3 is 0 Å². The molecule has 0 aliphatic heterocycles. The monoisotopic (exact) mass is 242 g/mol. The number of ether oxygens (including phenoxy) is 1. The SMILES string of the molecule is COCC(CCCN)NCC1CCCC(C)C1. The van der Waals surface area contributed by atoms with Crippen molar-refractivity contribution in [1.82, 2.24) is 5.32 Å². The first-order chi connectivity index (χ1) is 8.26. The fourth-order valence-electron chi connectivity index (χ4n) is 2.89. The van der Waals surface area contributed by atoms with Crippen LogP contribution in [-0.2, 0) is 4.74 Å². The molecule has 102 valence electrons. The van der Waals surface area contributed by atoms with Crippen molar-refractivity contribution in [3.8, 4) is 0 Å². The zero-order chi connectivity index (χ0) is 12.5. The van der Waals surface area contributed by atoms with Crippen molar-refractivity contribution in [3.63, 3.8) is 0 Å². The van der Waals surface area contributed by atoms with Crippen molar-refractivity contribution in [2.24, 2.45) is 17.6 Å². The summed E-state index contributed by atoms with van der Waals surface area (Å²) in [5.41, 5.74) is 5.56. The standard InChI is InChI=1S/C14H30N2O/c1-12-5-3-6-13(9-12)10-16-14(11-17-2)7-4-8-15/h12-14,16H,3-11,15H2,1-2H3. The molecule has 1 fully saturated rings. The number of rotatable bonds is 8. The number of nitrogens with one attached hydrogen (secondary N) is 1. The number of hydrogen-bond donors (Lipinski definition) is 2. The van der Waals surface area contributed by atoms with Gasteiger partial charge in [-0.2, -0.15) is 0 Å². The Bertz CT molecular complexity index is 187. The Hall–Kier alpha value is -0.120. The zero-order valence-electron chi connectivity index (χ0n) is 11.6. The summed E-state index contributed by atoms with van der Waals surface area (Å²) >= 11 is 0. The molecule has 1 saturated carbocycles. The van der Waals surface area contributed by atoms with Crippen LogP contribution < -0.4 is 11.1 Å². The summed E-state index contributed by atoms with van der Waals surface area (Å²) < 4.78 is 5.26. The summed E-state index contributed by atoms with van der Waals surface area (Å²) in [6, 6.07) is 0.487. The lowest BCUT2D eigenvalue weighted by atomic mass is 9.82. The summed E-state index contributed by atoms with van der Waals surface area (Å²) in [5, 5.41) is 3.67. The molecule has 1 aliphatic rings. The second-order valence-corrected chi connectivity index (χ2v) is 5.63. The van der Waals surface area contributed by atoms with Crippen LogP contribution in [0.1, 0.15) is 45.4 Å². The maximum Gasteiger partial charge on any atom is 0.0615 e. The summed E-state index contributed by atoms with van der Waals surface area (Å²) in [6.45, 7) is 5.13. The molecule has 3 N–H and O–H groups in total. The molecule has 1 rings (SSSR count). The van der Waals surface area contributed by atoms with E-state index in [1.807, 2.05) is 0 Å². The van der Waals surface area contributed by atoms with Gasteiger partial charge in [-0.25, -0.2) is 0 Å². The van der Waals surface area contributed by atoms with Crippen molar-refractivity contribution in [3.05, 3.63) is 0 Å². The van der Waals surface area contributed by atoms with Crippen LogP contribution in [0.25, 0.3) is 0 Å². The van der Waals surface area contributed by atoms with E-state index in [2.05, 4.69) is 12.2 Å². The Balaban J connectivity index is 2.19. The van der Waals surface area contributed by atoms with Crippen molar-refractivity contribution in [2.75, 3.05) is 26.8 Å². The fraction of sp³-hybridized carbons (Fsp3) is 1.00. The number of nitrogens with two attached hydrogens (primary N) is 1. The van der Waals surface area contributed by atoms with Gasteiger partial charge < -0.3 is 15.8 Å². The highest BCUT2D eigenvalue weighted by molar-refractivity contribution is 4.75. The first-order valence-corrected chi connectivity index (χ1v) is 7.18. The molecule has 3 atom stereocenters. The molecule has 0 heterocycles. The predicted molar refractivity (Wildman–Crippen MR) is 73.1 cm³/mol. The first-order valence-electron chi connectivity index (χ1n) is 7.18. The average molecular weight is 242 g/mol. The normalized spacial score (nSPS) is 27.0. The third-order valence-corrected chi connectivity index (χ3v) is 3.86. The third-order valence-electron chi connectivity index (χ3n) is 3.86. The smallest absolute Gasteiger partial charge is 0.0615 e. The highest BCUT2D eigenvalue weighted by Crippen LogP contribution is 2.28. The molecular formula is C14H30N2O. The van der Waals surface area contributed by atoms with Gasteiger partial charge in [-0.3, -0.25) is 0 Å². The van der Waals surface area contributed by atoms with Crippen LogP contribution in [0.3, 0.4) is 0 Å². The van der Waals surface area contributed by atoms with Crippen LogP contribution >= 0.6 is 0 Å². The molecule has 0 amide bonds. The largest absolute Gasteiger partial charge is 0.383 e. The van der Waals surface area contributed by atoms with Crippen molar-refractivity contribution >= 4 is 0 Å². The molecule has 3 nitrogen and oxygen atoms in total. The third kappa shape index (κ3) is 6.39. The molecule has 0 aromatic heterocycles. The molecule has 3 unspecified atom stereocenters. The number of hydrogen-bond acceptors (Lipinski definition) is 3. The topological polar surface area (TPSA) is 47.3 Å². The van der Waals surface area contributed by atoms with E-state index in [0.717, 1.165) is 44.4 Å². The van der Waals surface area contributed by atoms with Crippen LogP contribution in [-0.4, -0.2) is 32.8 Å². The highest BCUT2D eigenvalue weighted by atomic mass is 16.5. The summed E-state index contributed by atoms with van der Waals surface area (Å²) in [4.78, 5) is 0. The summed E-state index contributed by atoms with van der Waals surface area (Å²) in [6.07, 6.45) is 7.84. The number of methoxy groups -OCH3 is 1. The molecule has 0 saturated heterocycles. The summed E-state index contributed by atoms with van der Waals surface area (Å²) in [5.74, 6) is 1.79. The van der Waals surface area contributed by atoms with E-state index < -0.39 is 0 Å². The van der Waals surface area contributed by atoms with Crippen molar-refractivity contribution < 1.29 is 4.74 Å². The molecule has 1 aliphatic carbocycles. The van der Waals surface area contributed by atoms with E-state index in [4.69, 9.17) is 10.5 Å². The lowest BCUT2D eigenvalue weighted by Gasteiger charge is -2.28. The van der Waals surface area contributed by atoms with Gasteiger partial charge in [-0.1, -0.05) is 19.8 Å². The van der Waals surface area contributed by atoms with Crippen LogP contribution in [0, 0.1) is 11.8 Å². The average Bonchev–Trinajstić information content (AvgIpc) is 2.33. The van der Waals surface area contributed by atoms with Crippen LogP contribution in [0.15, 0.2) is 0 Å². The van der Waals surface area contributed by atoms with Gasteiger partial charge in [-0.05, 0) is 50.6 Å². The lowest BCUT2D eigenvalue weighted by Crippen LogP contribution is -2.38. The van der Waals surface area contributed by atoms with Gasteiger partial charge in [0, 0.05) is 13.2 Å². The molecule has 0 aromatic rings. The highest BCUT2D eigenvalue weighted by Gasteiger charge is 2.19. The van der Waals surface area contributed by atoms with Crippen molar-refractivity contribution in [1.29, 1.82) is 0 Å². The van der Waals surface area contributed by atoms with Gasteiger partial charge in [0.25, 0.3) is 0 Å². The Morgan fingerprint density at radius 3 is 2.88 bits per heavy atom. The Morgan fingerprint density at radius 1 is 1.41 bits per heavy atom. The quantitative estimate of drug-likeness (QED) is 0.685. The Kier molecular flexibility index (Phi) is 7.82. The minimum absolute atomic E-state index is 0.487. The summed E-state index contributed by atoms with van der Waals surface area (Å²) in [7, 11) is 1.78. The molecule has 3 heteroatoms. The van der Waals surface area contributed by atoms with Gasteiger partial charge in [0.15, 0.2) is 0 Å². The fourth-order valence-corrected chi connectivity index (χ4v) is 2.89. The van der Waals surface area contributed by atoms with Crippen LogP contribution in [0.2, 0.25) is 0 Å². The van der Waals surface area contributed by atoms with Gasteiger partial charge in [0.05, 0.1) is 6.61 Å². The van der Waals surface area contributed by atoms with E-state index in [0.29, 0.717) is 6.04 Å². The Labute approximate surface area is 106 Å². The zero-order valence-corrected chi connectivity index (χ0v) is 11.6. The van der Waals surface area contributed by atoms with Gasteiger partial charge in [0.1, 0.15) is 0 Å². The second kappa shape index (κ2) is 8.90. The predicted octanol–water partition coefficient (Wildman–Crippen LogP) is 2.16. The molecule has 17 heavy (non-hydrogen) atoms. The Morgan fingerprint density at radius 2 is 2.24 bits per heavy atom. The van der Waals surface area contributed by atoms with Crippen molar-refractivity contribution in [2.45, 2.75) is 51.5 Å². The molecule has 0 spiro atoms. The molecular weight excluding hydrogens is 212 g/mol. The molecule has 0 radical (unpaired) electrons. The molecule has 0 aromatic carbocycles. The van der Waals surface area contributed by atoms with Crippen LogP contribution in [0.5, 0.6) is 0 Å². The first kappa shape index (κ1) is 14.9. The lowest BCUT2D eigenvalue weighted by molar-refractivity contribution is 0.155. The van der Waals surface area contributed by atoms with E-state index in [-0.39, 0.29) is 0 Å². The second-order valence-electron chi connectivity index (χ2n) is 5.63.